The van der Waals surface area contributed by atoms with E-state index in [1.165, 1.54) is 5.56 Å². The molecule has 1 aliphatic rings. The van der Waals surface area contributed by atoms with E-state index in [9.17, 15) is 0 Å². The summed E-state index contributed by atoms with van der Waals surface area (Å²) in [4.78, 5) is 0. The summed E-state index contributed by atoms with van der Waals surface area (Å²) in [6.07, 6.45) is 3.48. The van der Waals surface area contributed by atoms with E-state index < -0.39 is 0 Å². The molecule has 0 aromatic heterocycles. The Balaban J connectivity index is 1.77. The van der Waals surface area contributed by atoms with Gasteiger partial charge in [0.2, 0.25) is 0 Å². The van der Waals surface area contributed by atoms with Crippen molar-refractivity contribution in [2.75, 3.05) is 19.3 Å². The van der Waals surface area contributed by atoms with Gasteiger partial charge in [-0.3, -0.25) is 0 Å². The van der Waals surface area contributed by atoms with Crippen molar-refractivity contribution in [1.82, 2.24) is 5.32 Å². The van der Waals surface area contributed by atoms with Crippen molar-refractivity contribution in [2.45, 2.75) is 31.1 Å². The topological polar surface area (TPSA) is 21.3 Å². The van der Waals surface area contributed by atoms with Gasteiger partial charge in [0.25, 0.3) is 0 Å². The number of benzene rings is 1. The fraction of sp³-hybridized carbons (Fsp3) is 0.571. The van der Waals surface area contributed by atoms with Gasteiger partial charge in [-0.15, -0.1) is 0 Å². The van der Waals surface area contributed by atoms with E-state index in [4.69, 9.17) is 4.74 Å². The fourth-order valence-corrected chi connectivity index (χ4v) is 2.22. The van der Waals surface area contributed by atoms with Crippen LogP contribution in [0.15, 0.2) is 24.3 Å². The van der Waals surface area contributed by atoms with E-state index in [0.29, 0.717) is 10.9 Å². The quantitative estimate of drug-likeness (QED) is 0.869. The molecule has 0 spiro atoms. The zero-order valence-corrected chi connectivity index (χ0v) is 11.6. The summed E-state index contributed by atoms with van der Waals surface area (Å²) >= 11 is 1.89. The van der Waals surface area contributed by atoms with Gasteiger partial charge in [0.05, 0.1) is 0 Å². The molecule has 1 atom stereocenters. The predicted molar refractivity (Wildman–Crippen MR) is 75.0 cm³/mol. The van der Waals surface area contributed by atoms with E-state index in [2.05, 4.69) is 43.6 Å². The molecule has 17 heavy (non-hydrogen) atoms. The van der Waals surface area contributed by atoms with E-state index in [1.54, 1.807) is 0 Å². The Morgan fingerprint density at radius 3 is 2.88 bits per heavy atom. The van der Waals surface area contributed by atoms with Crippen LogP contribution in [0.3, 0.4) is 0 Å². The Labute approximate surface area is 108 Å². The third-order valence-corrected chi connectivity index (χ3v) is 4.44. The van der Waals surface area contributed by atoms with Crippen LogP contribution in [0.2, 0.25) is 0 Å². The van der Waals surface area contributed by atoms with Crippen molar-refractivity contribution in [3.8, 4) is 5.75 Å². The lowest BCUT2D eigenvalue weighted by atomic mass is 10.1. The van der Waals surface area contributed by atoms with Gasteiger partial charge in [-0.2, -0.15) is 11.8 Å². The van der Waals surface area contributed by atoms with Crippen LogP contribution >= 0.6 is 11.8 Å². The maximum Gasteiger partial charge on any atom is 0.123 e. The third-order valence-electron chi connectivity index (χ3n) is 3.19. The first-order valence-corrected chi connectivity index (χ1v) is 7.34. The maximum absolute atomic E-state index is 5.89. The second-order valence-electron chi connectivity index (χ2n) is 5.15. The molecule has 0 saturated heterocycles. The highest BCUT2D eigenvalue weighted by molar-refractivity contribution is 7.99. The van der Waals surface area contributed by atoms with Gasteiger partial charge in [-0.05, 0) is 31.7 Å². The molecule has 0 fully saturated rings. The van der Waals surface area contributed by atoms with E-state index in [1.807, 2.05) is 17.8 Å². The van der Waals surface area contributed by atoms with Crippen molar-refractivity contribution >= 4 is 11.8 Å². The molecule has 1 N–H and O–H groups in total. The zero-order chi connectivity index (χ0) is 12.3. The normalized spacial score (nSPS) is 18.9. The minimum atomic E-state index is 0.296. The molecule has 1 aromatic rings. The molecule has 3 heteroatoms. The minimum absolute atomic E-state index is 0.296. The fourth-order valence-electron chi connectivity index (χ4n) is 1.97. The molecule has 2 rings (SSSR count). The van der Waals surface area contributed by atoms with Crippen LogP contribution in [-0.2, 0) is 6.42 Å². The Hall–Kier alpha value is -0.670. The zero-order valence-electron chi connectivity index (χ0n) is 10.8. The van der Waals surface area contributed by atoms with Gasteiger partial charge in [0.15, 0.2) is 0 Å². The van der Waals surface area contributed by atoms with Crippen molar-refractivity contribution in [1.29, 1.82) is 0 Å². The summed E-state index contributed by atoms with van der Waals surface area (Å²) in [7, 11) is 0. The number of rotatable bonds is 5. The highest BCUT2D eigenvalue weighted by atomic mass is 32.2. The first-order chi connectivity index (χ1) is 8.11. The number of hydrogen-bond donors (Lipinski definition) is 1. The van der Waals surface area contributed by atoms with E-state index in [-0.39, 0.29) is 0 Å². The molecule has 0 bridgehead atoms. The molecule has 94 valence electrons. The average molecular weight is 251 g/mol. The van der Waals surface area contributed by atoms with E-state index in [0.717, 1.165) is 25.3 Å². The second-order valence-corrected chi connectivity index (χ2v) is 6.66. The molecule has 0 saturated carbocycles. The van der Waals surface area contributed by atoms with Crippen LogP contribution in [0.1, 0.15) is 19.4 Å². The van der Waals surface area contributed by atoms with Crippen LogP contribution in [0, 0.1) is 0 Å². The van der Waals surface area contributed by atoms with Crippen LogP contribution < -0.4 is 10.1 Å². The van der Waals surface area contributed by atoms with Crippen molar-refractivity contribution < 1.29 is 4.74 Å². The van der Waals surface area contributed by atoms with Crippen molar-refractivity contribution in [2.24, 2.45) is 0 Å². The van der Waals surface area contributed by atoms with Crippen LogP contribution in [0.4, 0.5) is 0 Å². The summed E-state index contributed by atoms with van der Waals surface area (Å²) in [5.41, 5.74) is 1.34. The average Bonchev–Trinajstić information content (AvgIpc) is 2.71. The van der Waals surface area contributed by atoms with Gasteiger partial charge in [0, 0.05) is 24.3 Å². The summed E-state index contributed by atoms with van der Waals surface area (Å²) in [5, 5.41) is 3.51. The molecule has 0 radical (unpaired) electrons. The Morgan fingerprint density at radius 2 is 2.18 bits per heavy atom. The molecular formula is C14H21NOS. The molecule has 0 aliphatic carbocycles. The number of hydrogen-bond acceptors (Lipinski definition) is 3. The van der Waals surface area contributed by atoms with Crippen molar-refractivity contribution in [3.63, 3.8) is 0 Å². The Kier molecular flexibility index (Phi) is 4.00. The highest BCUT2D eigenvalue weighted by Crippen LogP contribution is 2.28. The summed E-state index contributed by atoms with van der Waals surface area (Å²) in [6.45, 7) is 6.47. The lowest BCUT2D eigenvalue weighted by molar-refractivity contribution is 0.227. The lowest BCUT2D eigenvalue weighted by Gasteiger charge is -2.23. The van der Waals surface area contributed by atoms with Crippen molar-refractivity contribution in [3.05, 3.63) is 29.8 Å². The molecule has 1 aromatic carbocycles. The summed E-state index contributed by atoms with van der Waals surface area (Å²) in [6, 6.07) is 8.32. The summed E-state index contributed by atoms with van der Waals surface area (Å²) < 4.78 is 6.18. The molecule has 1 unspecified atom stereocenters. The van der Waals surface area contributed by atoms with Gasteiger partial charge < -0.3 is 10.1 Å². The highest BCUT2D eigenvalue weighted by Gasteiger charge is 2.23. The number of fused-ring (bicyclic) bond motifs is 1. The van der Waals surface area contributed by atoms with Gasteiger partial charge in [-0.25, -0.2) is 0 Å². The monoisotopic (exact) mass is 251 g/mol. The first-order valence-electron chi connectivity index (χ1n) is 6.11. The minimum Gasteiger partial charge on any atom is -0.488 e. The lowest BCUT2D eigenvalue weighted by Crippen LogP contribution is -2.38. The Morgan fingerprint density at radius 1 is 1.41 bits per heavy atom. The standard InChI is InChI=1S/C14H21NOS/c1-14(2,17-3)10-15-9-12-8-11-6-4-5-7-13(11)16-12/h4-7,12,15H,8-10H2,1-3H3. The van der Waals surface area contributed by atoms with Crippen LogP contribution in [-0.4, -0.2) is 30.2 Å². The van der Waals surface area contributed by atoms with Crippen LogP contribution in [0.25, 0.3) is 0 Å². The SMILES string of the molecule is CSC(C)(C)CNCC1Cc2ccccc2O1. The van der Waals surface area contributed by atoms with Gasteiger partial charge >= 0.3 is 0 Å². The number of ether oxygens (including phenoxy) is 1. The molecule has 1 aliphatic heterocycles. The molecular weight excluding hydrogens is 230 g/mol. The largest absolute Gasteiger partial charge is 0.488 e. The number of para-hydroxylation sites is 1. The van der Waals surface area contributed by atoms with Gasteiger partial charge in [0.1, 0.15) is 11.9 Å². The summed E-state index contributed by atoms with van der Waals surface area (Å²) in [5.74, 6) is 1.06. The maximum atomic E-state index is 5.89. The van der Waals surface area contributed by atoms with E-state index >= 15 is 0 Å². The smallest absolute Gasteiger partial charge is 0.123 e. The van der Waals surface area contributed by atoms with Crippen LogP contribution in [0.5, 0.6) is 5.75 Å². The second kappa shape index (κ2) is 5.32. The molecule has 0 amide bonds. The third kappa shape index (κ3) is 3.39. The Bertz CT molecular complexity index is 353. The first kappa shape index (κ1) is 12.8. The molecule has 1 heterocycles. The van der Waals surface area contributed by atoms with Gasteiger partial charge in [-0.1, -0.05) is 18.2 Å². The molecule has 2 nitrogen and oxygen atoms in total. The number of nitrogens with one attached hydrogen (secondary N) is 1. The predicted octanol–water partition coefficient (Wildman–Crippen LogP) is 2.72. The number of thioether (sulfide) groups is 1.